The van der Waals surface area contributed by atoms with Crippen LogP contribution in [0.15, 0.2) is 79.1 Å². The first-order valence-electron chi connectivity index (χ1n) is 15.0. The van der Waals surface area contributed by atoms with E-state index < -0.39 is 58.4 Å². The average molecular weight is 663 g/mol. The summed E-state index contributed by atoms with van der Waals surface area (Å²) in [6.45, 7) is 2.73. The highest BCUT2D eigenvalue weighted by molar-refractivity contribution is 5.73. The Hall–Kier alpha value is -4.22. The molecule has 1 fully saturated rings. The van der Waals surface area contributed by atoms with Crippen molar-refractivity contribution in [2.24, 2.45) is 5.92 Å². The molecule has 1 heterocycles. The van der Waals surface area contributed by atoms with Crippen molar-refractivity contribution in [1.82, 2.24) is 0 Å². The van der Waals surface area contributed by atoms with Gasteiger partial charge in [-0.2, -0.15) is 8.78 Å². The largest absolute Gasteiger partial charge is 0.432 e. The first-order chi connectivity index (χ1) is 22.5. The highest BCUT2D eigenvalue weighted by atomic mass is 19.3. The Bertz CT molecular complexity index is 1710. The minimum atomic E-state index is -4.39. The number of ether oxygens (including phenoxy) is 3. The molecule has 4 aromatic carbocycles. The second-order valence-corrected chi connectivity index (χ2v) is 11.2. The second-order valence-electron chi connectivity index (χ2n) is 11.2. The van der Waals surface area contributed by atoms with Crippen LogP contribution in [0, 0.1) is 29.2 Å². The number of hydrogen-bond donors (Lipinski definition) is 0. The van der Waals surface area contributed by atoms with Gasteiger partial charge in [-0.1, -0.05) is 56.5 Å². The molecule has 3 nitrogen and oxygen atoms in total. The van der Waals surface area contributed by atoms with E-state index >= 15 is 8.78 Å². The van der Waals surface area contributed by atoms with Crippen LogP contribution in [-0.4, -0.2) is 13.2 Å². The van der Waals surface area contributed by atoms with Crippen LogP contribution >= 0.6 is 0 Å². The standard InChI is InChI=1S/C36H30F8O3/c1-2-3-4-5-21-19-45-35(46-20-21)25-16-31(40)34(32(41)17-25)36(43,44)47-26-10-6-22(7-11-26)23-8-12-27(29(38)14-23)24-9-13-28(30(39)15-24)33(42)18-37/h6-18,21,35H,2-5,19-20H2,1H3/b33-18-. The van der Waals surface area contributed by atoms with Crippen molar-refractivity contribution >= 4 is 5.83 Å². The molecule has 0 N–H and O–H groups in total. The molecule has 0 atom stereocenters. The van der Waals surface area contributed by atoms with Gasteiger partial charge in [0.25, 0.3) is 0 Å². The SMILES string of the molecule is CCCCCC1COC(c2cc(F)c(C(F)(F)Oc3ccc(-c4ccc(-c5ccc(/C(F)=C/F)c(F)c5)c(F)c4)cc3)c(F)c2)OC1. The van der Waals surface area contributed by atoms with Gasteiger partial charge in [0.2, 0.25) is 0 Å². The van der Waals surface area contributed by atoms with E-state index in [0.717, 1.165) is 68.1 Å². The van der Waals surface area contributed by atoms with Crippen molar-refractivity contribution in [2.75, 3.05) is 13.2 Å². The molecule has 0 radical (unpaired) electrons. The van der Waals surface area contributed by atoms with Gasteiger partial charge in [0, 0.05) is 22.6 Å². The highest BCUT2D eigenvalue weighted by Crippen LogP contribution is 2.38. The van der Waals surface area contributed by atoms with E-state index in [1.807, 2.05) is 0 Å². The van der Waals surface area contributed by atoms with Crippen LogP contribution in [0.2, 0.25) is 0 Å². The Morgan fingerprint density at radius 3 is 2.00 bits per heavy atom. The van der Waals surface area contributed by atoms with Crippen molar-refractivity contribution in [1.29, 1.82) is 0 Å². The van der Waals surface area contributed by atoms with Gasteiger partial charge >= 0.3 is 6.11 Å². The number of halogens is 8. The lowest BCUT2D eigenvalue weighted by Gasteiger charge is -2.30. The molecule has 0 bridgehead atoms. The summed E-state index contributed by atoms with van der Waals surface area (Å²) in [6.07, 6.45) is -1.84. The molecular weight excluding hydrogens is 632 g/mol. The Morgan fingerprint density at radius 2 is 1.40 bits per heavy atom. The predicted molar refractivity (Wildman–Crippen MR) is 161 cm³/mol. The summed E-state index contributed by atoms with van der Waals surface area (Å²) in [5.41, 5.74) is -1.51. The zero-order valence-electron chi connectivity index (χ0n) is 25.2. The molecule has 1 aliphatic heterocycles. The van der Waals surface area contributed by atoms with Gasteiger partial charge in [-0.05, 0) is 65.6 Å². The molecule has 11 heteroatoms. The Morgan fingerprint density at radius 1 is 0.787 bits per heavy atom. The van der Waals surface area contributed by atoms with Crippen molar-refractivity contribution in [3.8, 4) is 28.0 Å². The van der Waals surface area contributed by atoms with Crippen LogP contribution in [0.1, 0.15) is 55.6 Å². The van der Waals surface area contributed by atoms with Crippen LogP contribution < -0.4 is 4.74 Å². The summed E-state index contributed by atoms with van der Waals surface area (Å²) >= 11 is 0. The third-order valence-electron chi connectivity index (χ3n) is 7.85. The summed E-state index contributed by atoms with van der Waals surface area (Å²) in [4.78, 5) is 0. The number of benzene rings is 4. The first-order valence-corrected chi connectivity index (χ1v) is 15.0. The van der Waals surface area contributed by atoms with E-state index in [9.17, 15) is 26.3 Å². The topological polar surface area (TPSA) is 27.7 Å². The van der Waals surface area contributed by atoms with Crippen LogP contribution in [0.5, 0.6) is 5.75 Å². The van der Waals surface area contributed by atoms with Crippen molar-refractivity contribution in [2.45, 2.75) is 45.0 Å². The van der Waals surface area contributed by atoms with E-state index in [1.165, 1.54) is 30.3 Å². The zero-order valence-corrected chi connectivity index (χ0v) is 25.2. The van der Waals surface area contributed by atoms with Gasteiger partial charge in [-0.3, -0.25) is 0 Å². The molecule has 0 aliphatic carbocycles. The Labute approximate surface area is 266 Å². The van der Waals surface area contributed by atoms with Crippen LogP contribution in [0.4, 0.5) is 35.1 Å². The molecule has 1 saturated heterocycles. The quantitative estimate of drug-likeness (QED) is 0.118. The number of rotatable bonds is 11. The summed E-state index contributed by atoms with van der Waals surface area (Å²) in [6, 6.07) is 13.4. The van der Waals surface area contributed by atoms with Crippen LogP contribution in [0.25, 0.3) is 28.1 Å². The van der Waals surface area contributed by atoms with E-state index in [-0.39, 0.29) is 28.9 Å². The lowest BCUT2D eigenvalue weighted by atomic mass is 9.98. The fraction of sp³-hybridized carbons (Fsp3) is 0.278. The summed E-state index contributed by atoms with van der Waals surface area (Å²) < 4.78 is 131. The fourth-order valence-corrected chi connectivity index (χ4v) is 5.37. The molecule has 0 saturated carbocycles. The summed E-state index contributed by atoms with van der Waals surface area (Å²) in [5.74, 6) is -6.61. The lowest BCUT2D eigenvalue weighted by molar-refractivity contribution is -0.206. The summed E-state index contributed by atoms with van der Waals surface area (Å²) in [7, 11) is 0. The van der Waals surface area contributed by atoms with Crippen LogP contribution in [0.3, 0.4) is 0 Å². The lowest BCUT2D eigenvalue weighted by Crippen LogP contribution is -2.28. The smallest absolute Gasteiger partial charge is 0.429 e. The molecule has 47 heavy (non-hydrogen) atoms. The van der Waals surface area contributed by atoms with Crippen molar-refractivity contribution < 1.29 is 49.3 Å². The first kappa shape index (κ1) is 34.1. The summed E-state index contributed by atoms with van der Waals surface area (Å²) in [5, 5.41) is 0. The van der Waals surface area contributed by atoms with Gasteiger partial charge in [0.05, 0.1) is 13.2 Å². The molecule has 0 spiro atoms. The number of alkyl halides is 2. The normalized spacial score (nSPS) is 17.2. The Balaban J connectivity index is 1.26. The van der Waals surface area contributed by atoms with Gasteiger partial charge in [-0.15, -0.1) is 0 Å². The van der Waals surface area contributed by atoms with E-state index in [2.05, 4.69) is 6.92 Å². The van der Waals surface area contributed by atoms with E-state index in [1.54, 1.807) is 0 Å². The minimum absolute atomic E-state index is 0.0216. The molecule has 248 valence electrons. The molecular formula is C36H30F8O3. The van der Waals surface area contributed by atoms with Crippen molar-refractivity contribution in [3.05, 3.63) is 119 Å². The number of hydrogen-bond acceptors (Lipinski definition) is 3. The molecule has 0 unspecified atom stereocenters. The monoisotopic (exact) mass is 662 g/mol. The molecule has 4 aromatic rings. The predicted octanol–water partition coefficient (Wildman–Crippen LogP) is 11.2. The molecule has 0 amide bonds. The third-order valence-corrected chi connectivity index (χ3v) is 7.85. The maximum absolute atomic E-state index is 15.1. The van der Waals surface area contributed by atoms with Gasteiger partial charge in [-0.25, -0.2) is 26.3 Å². The maximum Gasteiger partial charge on any atom is 0.432 e. The minimum Gasteiger partial charge on any atom is -0.429 e. The second kappa shape index (κ2) is 14.7. The number of unbranched alkanes of at least 4 members (excludes halogenated alkanes) is 2. The molecule has 0 aromatic heterocycles. The maximum atomic E-state index is 15.1. The van der Waals surface area contributed by atoms with Crippen molar-refractivity contribution in [3.63, 3.8) is 0 Å². The van der Waals surface area contributed by atoms with Gasteiger partial charge < -0.3 is 14.2 Å². The average Bonchev–Trinajstić information content (AvgIpc) is 3.04. The van der Waals surface area contributed by atoms with E-state index in [4.69, 9.17) is 14.2 Å². The fourth-order valence-electron chi connectivity index (χ4n) is 5.37. The van der Waals surface area contributed by atoms with Crippen LogP contribution in [-0.2, 0) is 15.6 Å². The Kier molecular flexibility index (Phi) is 10.7. The van der Waals surface area contributed by atoms with Gasteiger partial charge in [0.15, 0.2) is 12.1 Å². The molecule has 1 aliphatic rings. The van der Waals surface area contributed by atoms with E-state index in [0.29, 0.717) is 24.3 Å². The zero-order chi connectivity index (χ0) is 33.7. The third kappa shape index (κ3) is 7.85. The molecule has 5 rings (SSSR count). The highest BCUT2D eigenvalue weighted by Gasteiger charge is 2.42. The van der Waals surface area contributed by atoms with Gasteiger partial charge in [0.1, 0.15) is 40.9 Å².